The van der Waals surface area contributed by atoms with Gasteiger partial charge in [0, 0.05) is 23.2 Å². The lowest BCUT2D eigenvalue weighted by molar-refractivity contribution is -0.130. The molecule has 1 fully saturated rings. The van der Waals surface area contributed by atoms with Crippen molar-refractivity contribution in [1.29, 1.82) is 0 Å². The van der Waals surface area contributed by atoms with E-state index in [0.29, 0.717) is 17.9 Å². The fraction of sp³-hybridized carbons (Fsp3) is 0.467. The van der Waals surface area contributed by atoms with Gasteiger partial charge in [-0.1, -0.05) is 31.5 Å². The molecule has 0 bridgehead atoms. The van der Waals surface area contributed by atoms with E-state index in [1.54, 1.807) is 12.1 Å². The van der Waals surface area contributed by atoms with Crippen LogP contribution in [0.1, 0.15) is 32.3 Å². The quantitative estimate of drug-likeness (QED) is 0.835. The first-order chi connectivity index (χ1) is 9.45. The summed E-state index contributed by atoms with van der Waals surface area (Å²) in [4.78, 5) is 24.4. The molecule has 3 rings (SSSR count). The molecule has 2 heterocycles. The van der Waals surface area contributed by atoms with Gasteiger partial charge in [0.05, 0.1) is 5.41 Å². The average molecular weight is 293 g/mol. The summed E-state index contributed by atoms with van der Waals surface area (Å²) in [6, 6.07) is 5.29. The lowest BCUT2D eigenvalue weighted by Gasteiger charge is -2.42. The van der Waals surface area contributed by atoms with Crippen molar-refractivity contribution in [2.45, 2.75) is 38.1 Å². The smallest absolute Gasteiger partial charge is 0.237 e. The number of carbonyl (C=O) groups excluding carboxylic acids is 2. The van der Waals surface area contributed by atoms with Crippen LogP contribution in [0.2, 0.25) is 5.02 Å². The van der Waals surface area contributed by atoms with E-state index in [1.165, 1.54) is 0 Å². The molecule has 5 heteroatoms. The molecule has 1 aromatic carbocycles. The third-order valence-electron chi connectivity index (χ3n) is 4.38. The minimum absolute atomic E-state index is 0.0181. The monoisotopic (exact) mass is 292 g/mol. The fourth-order valence-electron chi connectivity index (χ4n) is 3.49. The van der Waals surface area contributed by atoms with Crippen LogP contribution in [0.5, 0.6) is 0 Å². The predicted octanol–water partition coefficient (Wildman–Crippen LogP) is 2.46. The molecule has 0 aliphatic carbocycles. The van der Waals surface area contributed by atoms with Gasteiger partial charge in [-0.2, -0.15) is 0 Å². The molecule has 1 aromatic rings. The summed E-state index contributed by atoms with van der Waals surface area (Å²) in [6.07, 6.45) is 0.918. The van der Waals surface area contributed by atoms with Crippen molar-refractivity contribution in [2.75, 3.05) is 5.32 Å². The second kappa shape index (κ2) is 4.48. The molecule has 106 valence electrons. The van der Waals surface area contributed by atoms with Crippen molar-refractivity contribution in [3.8, 4) is 0 Å². The Morgan fingerprint density at radius 3 is 2.80 bits per heavy atom. The first-order valence-electron chi connectivity index (χ1n) is 6.86. The molecule has 2 aliphatic rings. The first-order valence-corrected chi connectivity index (χ1v) is 7.24. The van der Waals surface area contributed by atoms with Crippen molar-refractivity contribution < 1.29 is 9.59 Å². The number of fused-ring (bicyclic) bond motifs is 2. The number of benzene rings is 1. The van der Waals surface area contributed by atoms with E-state index in [4.69, 9.17) is 11.6 Å². The summed E-state index contributed by atoms with van der Waals surface area (Å²) < 4.78 is 0. The zero-order chi connectivity index (χ0) is 14.5. The van der Waals surface area contributed by atoms with E-state index >= 15 is 0 Å². The molecule has 0 radical (unpaired) electrons. The van der Waals surface area contributed by atoms with Crippen LogP contribution in [-0.2, 0) is 15.0 Å². The third kappa shape index (κ3) is 1.74. The highest BCUT2D eigenvalue weighted by Gasteiger charge is 2.55. The van der Waals surface area contributed by atoms with E-state index in [1.807, 2.05) is 19.9 Å². The zero-order valence-electron chi connectivity index (χ0n) is 11.5. The van der Waals surface area contributed by atoms with E-state index in [2.05, 4.69) is 10.6 Å². The Morgan fingerprint density at radius 2 is 2.10 bits per heavy atom. The number of carbonyl (C=O) groups is 2. The van der Waals surface area contributed by atoms with Gasteiger partial charge in [0.1, 0.15) is 0 Å². The number of nitrogens with one attached hydrogen (secondary N) is 2. The Morgan fingerprint density at radius 1 is 1.35 bits per heavy atom. The molecule has 20 heavy (non-hydrogen) atoms. The summed E-state index contributed by atoms with van der Waals surface area (Å²) in [7, 11) is 0. The molecule has 2 aliphatic heterocycles. The molecule has 1 unspecified atom stereocenters. The van der Waals surface area contributed by atoms with Gasteiger partial charge >= 0.3 is 0 Å². The Labute approximate surface area is 122 Å². The van der Waals surface area contributed by atoms with Crippen LogP contribution < -0.4 is 10.6 Å². The number of hydrogen-bond donors (Lipinski definition) is 2. The maximum Gasteiger partial charge on any atom is 0.237 e. The molecule has 1 spiro atoms. The number of halogens is 1. The summed E-state index contributed by atoms with van der Waals surface area (Å²) in [5, 5.41) is 6.52. The molecule has 0 saturated carbocycles. The van der Waals surface area contributed by atoms with Gasteiger partial charge in [-0.3, -0.25) is 9.59 Å². The molecule has 4 nitrogen and oxygen atoms in total. The lowest BCUT2D eigenvalue weighted by Crippen LogP contribution is -2.60. The average Bonchev–Trinajstić information content (AvgIpc) is 2.65. The summed E-state index contributed by atoms with van der Waals surface area (Å²) in [6.45, 7) is 4.05. The van der Waals surface area contributed by atoms with Crippen LogP contribution in [0.15, 0.2) is 18.2 Å². The SMILES string of the molecule is CC(C)C1NC(=O)CC[C@]12C(=O)Nc1cc(Cl)ccc12. The normalized spacial score (nSPS) is 28.5. The minimum Gasteiger partial charge on any atom is -0.352 e. The number of amides is 2. The molecule has 2 N–H and O–H groups in total. The highest BCUT2D eigenvalue weighted by Crippen LogP contribution is 2.47. The Hall–Kier alpha value is -1.55. The van der Waals surface area contributed by atoms with E-state index in [0.717, 1.165) is 11.3 Å². The van der Waals surface area contributed by atoms with Gasteiger partial charge in [0.2, 0.25) is 11.8 Å². The fourth-order valence-corrected chi connectivity index (χ4v) is 3.66. The largest absolute Gasteiger partial charge is 0.352 e. The van der Waals surface area contributed by atoms with Gasteiger partial charge in [-0.15, -0.1) is 0 Å². The van der Waals surface area contributed by atoms with Gasteiger partial charge in [-0.25, -0.2) is 0 Å². The minimum atomic E-state index is -0.665. The van der Waals surface area contributed by atoms with Gasteiger partial charge in [0.25, 0.3) is 0 Å². The van der Waals surface area contributed by atoms with Gasteiger partial charge < -0.3 is 10.6 Å². The van der Waals surface area contributed by atoms with Crippen LogP contribution in [0, 0.1) is 5.92 Å². The van der Waals surface area contributed by atoms with E-state index in [9.17, 15) is 9.59 Å². The number of piperidine rings is 1. The summed E-state index contributed by atoms with van der Waals surface area (Å²) >= 11 is 6.00. The van der Waals surface area contributed by atoms with Crippen molar-refractivity contribution in [3.05, 3.63) is 28.8 Å². The molecular formula is C15H17ClN2O2. The number of hydrogen-bond acceptors (Lipinski definition) is 2. The van der Waals surface area contributed by atoms with Crippen molar-refractivity contribution in [1.82, 2.24) is 5.32 Å². The van der Waals surface area contributed by atoms with Crippen LogP contribution in [0.4, 0.5) is 5.69 Å². The van der Waals surface area contributed by atoms with Crippen LogP contribution in [0.3, 0.4) is 0 Å². The zero-order valence-corrected chi connectivity index (χ0v) is 12.3. The molecule has 2 atom stereocenters. The van der Waals surface area contributed by atoms with Crippen molar-refractivity contribution >= 4 is 29.1 Å². The molecule has 0 aromatic heterocycles. The Bertz CT molecular complexity index is 600. The highest BCUT2D eigenvalue weighted by atomic mass is 35.5. The first kappa shape index (κ1) is 13.4. The summed E-state index contributed by atoms with van der Waals surface area (Å²) in [5.41, 5.74) is 1.05. The Kier molecular flexibility index (Phi) is 3.01. The predicted molar refractivity (Wildman–Crippen MR) is 77.8 cm³/mol. The molecular weight excluding hydrogens is 276 g/mol. The van der Waals surface area contributed by atoms with Crippen molar-refractivity contribution in [3.63, 3.8) is 0 Å². The van der Waals surface area contributed by atoms with Crippen LogP contribution >= 0.6 is 11.6 Å². The maximum absolute atomic E-state index is 12.6. The maximum atomic E-state index is 12.6. The topological polar surface area (TPSA) is 58.2 Å². The second-order valence-corrected chi connectivity index (χ2v) is 6.34. The lowest BCUT2D eigenvalue weighted by atomic mass is 9.66. The van der Waals surface area contributed by atoms with E-state index < -0.39 is 5.41 Å². The second-order valence-electron chi connectivity index (χ2n) is 5.90. The van der Waals surface area contributed by atoms with Crippen LogP contribution in [-0.4, -0.2) is 17.9 Å². The summed E-state index contributed by atoms with van der Waals surface area (Å²) in [5.74, 6) is 0.157. The number of rotatable bonds is 1. The number of anilines is 1. The molecule has 2 amide bonds. The van der Waals surface area contributed by atoms with Gasteiger partial charge in [-0.05, 0) is 30.0 Å². The molecule has 1 saturated heterocycles. The standard InChI is InChI=1S/C15H17ClN2O2/c1-8(2)13-15(6-5-12(19)18-13)10-4-3-9(16)7-11(10)17-14(15)20/h3-4,7-8,13H,5-6H2,1-2H3,(H,17,20)(H,18,19)/t13?,15-/m1/s1. The van der Waals surface area contributed by atoms with E-state index in [-0.39, 0.29) is 23.8 Å². The van der Waals surface area contributed by atoms with Crippen molar-refractivity contribution in [2.24, 2.45) is 5.92 Å². The highest BCUT2D eigenvalue weighted by molar-refractivity contribution is 6.31. The van der Waals surface area contributed by atoms with Crippen LogP contribution in [0.25, 0.3) is 0 Å². The Balaban J connectivity index is 2.15. The third-order valence-corrected chi connectivity index (χ3v) is 4.61. The van der Waals surface area contributed by atoms with Gasteiger partial charge in [0.15, 0.2) is 0 Å².